The Morgan fingerprint density at radius 1 is 1.10 bits per heavy atom. The third-order valence-electron chi connectivity index (χ3n) is 3.97. The number of aryl methyl sites for hydroxylation is 1. The van der Waals surface area contributed by atoms with E-state index in [9.17, 15) is 4.79 Å². The van der Waals surface area contributed by atoms with Gasteiger partial charge in [-0.15, -0.1) is 0 Å². The van der Waals surface area contributed by atoms with E-state index in [1.54, 1.807) is 0 Å². The predicted octanol–water partition coefficient (Wildman–Crippen LogP) is 3.41. The molecule has 0 aromatic heterocycles. The highest BCUT2D eigenvalue weighted by Gasteiger charge is 2.10. The summed E-state index contributed by atoms with van der Waals surface area (Å²) in [7, 11) is 0. The van der Waals surface area contributed by atoms with Crippen molar-refractivity contribution in [1.82, 2.24) is 5.32 Å². The Balaban J connectivity index is 2.29. The number of hydrogen-bond acceptors (Lipinski definition) is 2. The van der Waals surface area contributed by atoms with Crippen LogP contribution in [0.1, 0.15) is 57.1 Å². The molecule has 0 heterocycles. The molecule has 1 rings (SSSR count). The number of nitrogens with one attached hydrogen (secondary N) is 1. The molecule has 0 fully saturated rings. The second kappa shape index (κ2) is 10.4. The molecule has 0 saturated carbocycles. The van der Waals surface area contributed by atoms with Gasteiger partial charge in [0.05, 0.1) is 0 Å². The van der Waals surface area contributed by atoms with E-state index in [0.29, 0.717) is 18.9 Å². The van der Waals surface area contributed by atoms with Crippen LogP contribution < -0.4 is 11.1 Å². The molecule has 0 aliphatic heterocycles. The third kappa shape index (κ3) is 7.28. The van der Waals surface area contributed by atoms with Crippen LogP contribution in [0.4, 0.5) is 0 Å². The summed E-state index contributed by atoms with van der Waals surface area (Å²) in [6, 6.07) is 8.43. The summed E-state index contributed by atoms with van der Waals surface area (Å²) >= 11 is 0. The van der Waals surface area contributed by atoms with E-state index in [1.165, 1.54) is 12.0 Å². The Morgan fingerprint density at radius 3 is 2.33 bits per heavy atom. The molecular formula is C18H30N2O. The number of rotatable bonds is 10. The Bertz CT molecular complexity index is 394. The maximum atomic E-state index is 11.9. The monoisotopic (exact) mass is 290 g/mol. The predicted molar refractivity (Wildman–Crippen MR) is 89.0 cm³/mol. The quantitative estimate of drug-likeness (QED) is 0.694. The van der Waals surface area contributed by atoms with Gasteiger partial charge < -0.3 is 11.1 Å². The van der Waals surface area contributed by atoms with E-state index in [-0.39, 0.29) is 5.91 Å². The summed E-state index contributed by atoms with van der Waals surface area (Å²) in [6.07, 6.45) is 5.97. The number of benzene rings is 1. The Labute approximate surface area is 129 Å². The van der Waals surface area contributed by atoms with Crippen molar-refractivity contribution in [1.29, 1.82) is 0 Å². The maximum absolute atomic E-state index is 11.9. The summed E-state index contributed by atoms with van der Waals surface area (Å²) in [5.74, 6) is 0.738. The van der Waals surface area contributed by atoms with Gasteiger partial charge in [-0.05, 0) is 42.9 Å². The van der Waals surface area contributed by atoms with E-state index < -0.39 is 0 Å². The molecule has 3 heteroatoms. The summed E-state index contributed by atoms with van der Waals surface area (Å²) < 4.78 is 0. The average Bonchev–Trinajstić information content (AvgIpc) is 2.51. The van der Waals surface area contributed by atoms with Gasteiger partial charge in [-0.3, -0.25) is 4.79 Å². The van der Waals surface area contributed by atoms with Gasteiger partial charge in [0, 0.05) is 13.0 Å². The van der Waals surface area contributed by atoms with E-state index in [2.05, 4.69) is 43.4 Å². The van der Waals surface area contributed by atoms with Gasteiger partial charge in [0.25, 0.3) is 0 Å². The molecule has 1 aromatic rings. The van der Waals surface area contributed by atoms with Crippen molar-refractivity contribution in [3.05, 3.63) is 35.4 Å². The number of carbonyl (C=O) groups excluding carboxylic acids is 1. The lowest BCUT2D eigenvalue weighted by molar-refractivity contribution is -0.121. The lowest BCUT2D eigenvalue weighted by Crippen LogP contribution is -2.23. The Hall–Kier alpha value is -1.35. The number of carbonyl (C=O) groups is 1. The lowest BCUT2D eigenvalue weighted by atomic mass is 9.94. The summed E-state index contributed by atoms with van der Waals surface area (Å²) in [5, 5.41) is 3.01. The van der Waals surface area contributed by atoms with Gasteiger partial charge in [0.15, 0.2) is 0 Å². The van der Waals surface area contributed by atoms with Gasteiger partial charge in [-0.2, -0.15) is 0 Å². The summed E-state index contributed by atoms with van der Waals surface area (Å²) in [5.41, 5.74) is 8.11. The van der Waals surface area contributed by atoms with Gasteiger partial charge in [-0.1, -0.05) is 51.0 Å². The zero-order chi connectivity index (χ0) is 15.5. The Kier molecular flexibility index (Phi) is 8.76. The van der Waals surface area contributed by atoms with Crippen LogP contribution in [-0.4, -0.2) is 12.5 Å². The fourth-order valence-electron chi connectivity index (χ4n) is 2.59. The minimum atomic E-state index is 0.146. The van der Waals surface area contributed by atoms with Crippen LogP contribution >= 0.6 is 0 Å². The van der Waals surface area contributed by atoms with Crippen LogP contribution in [0.3, 0.4) is 0 Å². The number of hydrogen-bond donors (Lipinski definition) is 2. The highest BCUT2D eigenvalue weighted by molar-refractivity contribution is 5.75. The zero-order valence-corrected chi connectivity index (χ0v) is 13.5. The van der Waals surface area contributed by atoms with E-state index in [1.807, 2.05) is 0 Å². The lowest BCUT2D eigenvalue weighted by Gasteiger charge is -2.14. The van der Waals surface area contributed by atoms with E-state index in [0.717, 1.165) is 37.8 Å². The molecule has 1 aromatic carbocycles. The van der Waals surface area contributed by atoms with Gasteiger partial charge >= 0.3 is 0 Å². The highest BCUT2D eigenvalue weighted by Crippen LogP contribution is 2.16. The first-order valence-electron chi connectivity index (χ1n) is 8.24. The van der Waals surface area contributed by atoms with Crippen molar-refractivity contribution >= 4 is 5.91 Å². The van der Waals surface area contributed by atoms with Crippen molar-refractivity contribution in [3.8, 4) is 0 Å². The second-order valence-corrected chi connectivity index (χ2v) is 5.72. The van der Waals surface area contributed by atoms with Crippen molar-refractivity contribution < 1.29 is 4.79 Å². The largest absolute Gasteiger partial charge is 0.352 e. The van der Waals surface area contributed by atoms with Crippen LogP contribution in [0.5, 0.6) is 0 Å². The van der Waals surface area contributed by atoms with Gasteiger partial charge in [0.1, 0.15) is 0 Å². The molecule has 1 atom stereocenters. The molecule has 0 saturated heterocycles. The van der Waals surface area contributed by atoms with Gasteiger partial charge in [-0.25, -0.2) is 0 Å². The summed E-state index contributed by atoms with van der Waals surface area (Å²) in [6.45, 7) is 5.67. The molecule has 0 aliphatic rings. The fraction of sp³-hybridized carbons (Fsp3) is 0.611. The fourth-order valence-corrected chi connectivity index (χ4v) is 2.59. The van der Waals surface area contributed by atoms with Crippen LogP contribution in [-0.2, 0) is 17.8 Å². The van der Waals surface area contributed by atoms with E-state index in [4.69, 9.17) is 5.73 Å². The van der Waals surface area contributed by atoms with Crippen molar-refractivity contribution in [2.75, 3.05) is 6.54 Å². The maximum Gasteiger partial charge on any atom is 0.220 e. The first kappa shape index (κ1) is 17.7. The molecule has 3 N–H and O–H groups in total. The van der Waals surface area contributed by atoms with Crippen molar-refractivity contribution in [2.24, 2.45) is 11.7 Å². The minimum Gasteiger partial charge on any atom is -0.352 e. The van der Waals surface area contributed by atoms with Crippen molar-refractivity contribution in [2.45, 2.75) is 58.9 Å². The third-order valence-corrected chi connectivity index (χ3v) is 3.97. The first-order chi connectivity index (χ1) is 10.2. The van der Waals surface area contributed by atoms with Crippen LogP contribution in [0.2, 0.25) is 0 Å². The second-order valence-electron chi connectivity index (χ2n) is 5.72. The molecule has 21 heavy (non-hydrogen) atoms. The first-order valence-corrected chi connectivity index (χ1v) is 8.24. The number of nitrogens with two attached hydrogens (primary N) is 1. The van der Waals surface area contributed by atoms with E-state index >= 15 is 0 Å². The highest BCUT2D eigenvalue weighted by atomic mass is 16.1. The molecule has 0 spiro atoms. The topological polar surface area (TPSA) is 55.1 Å². The van der Waals surface area contributed by atoms with Gasteiger partial charge in [0.2, 0.25) is 5.91 Å². The SMILES string of the molecule is CCCC(CCN)CCC(=O)NCc1ccc(CC)cc1. The molecule has 118 valence electrons. The van der Waals surface area contributed by atoms with Crippen LogP contribution in [0.25, 0.3) is 0 Å². The Morgan fingerprint density at radius 2 is 1.76 bits per heavy atom. The summed E-state index contributed by atoms with van der Waals surface area (Å²) in [4.78, 5) is 11.9. The standard InChI is InChI=1S/C18H30N2O/c1-3-5-16(12-13-19)10-11-18(21)20-14-17-8-6-15(4-2)7-9-17/h6-9,16H,3-5,10-14,19H2,1-2H3,(H,20,21). The minimum absolute atomic E-state index is 0.146. The van der Waals surface area contributed by atoms with Crippen molar-refractivity contribution in [3.63, 3.8) is 0 Å². The molecule has 1 amide bonds. The smallest absolute Gasteiger partial charge is 0.220 e. The number of amides is 1. The normalized spacial score (nSPS) is 12.1. The average molecular weight is 290 g/mol. The zero-order valence-electron chi connectivity index (χ0n) is 13.5. The molecule has 3 nitrogen and oxygen atoms in total. The molecule has 0 bridgehead atoms. The molecule has 0 radical (unpaired) electrons. The van der Waals surface area contributed by atoms with Crippen LogP contribution in [0, 0.1) is 5.92 Å². The molecular weight excluding hydrogens is 260 g/mol. The van der Waals surface area contributed by atoms with Crippen LogP contribution in [0.15, 0.2) is 24.3 Å². The molecule has 1 unspecified atom stereocenters. The molecule has 0 aliphatic carbocycles.